The normalized spacial score (nSPS) is 30.9. The molecule has 23 heavy (non-hydrogen) atoms. The molecule has 1 saturated heterocycles. The number of hydrogen-bond donors (Lipinski definition) is 4. The van der Waals surface area contributed by atoms with Crippen molar-refractivity contribution in [2.75, 3.05) is 6.61 Å². The zero-order valence-electron chi connectivity index (χ0n) is 12.8. The molecule has 1 heterocycles. The van der Waals surface area contributed by atoms with E-state index in [4.69, 9.17) is 14.6 Å². The van der Waals surface area contributed by atoms with Crippen LogP contribution in [0.1, 0.15) is 18.9 Å². The number of benzene rings is 1. The summed E-state index contributed by atoms with van der Waals surface area (Å²) >= 11 is 0. The summed E-state index contributed by atoms with van der Waals surface area (Å²) in [7, 11) is 0. The summed E-state index contributed by atoms with van der Waals surface area (Å²) in [6.07, 6.45) is -5.43. The molecule has 7 heteroatoms. The van der Waals surface area contributed by atoms with E-state index >= 15 is 0 Å². The van der Waals surface area contributed by atoms with Gasteiger partial charge in [-0.15, -0.1) is 0 Å². The number of ether oxygens (including phenoxy) is 2. The van der Waals surface area contributed by atoms with Gasteiger partial charge in [0.1, 0.15) is 35.9 Å². The Bertz CT molecular complexity index is 514. The Hall–Kier alpha value is -1.51. The number of aliphatic hydroxyl groups excluding tert-OH is 4. The smallest absolute Gasteiger partial charge is 0.229 e. The maximum atomic E-state index is 11.0. The van der Waals surface area contributed by atoms with Crippen molar-refractivity contribution < 1.29 is 34.7 Å². The molecule has 4 N–H and O–H groups in total. The quantitative estimate of drug-likeness (QED) is 0.551. The van der Waals surface area contributed by atoms with Crippen molar-refractivity contribution in [2.24, 2.45) is 0 Å². The molecule has 7 nitrogen and oxygen atoms in total. The van der Waals surface area contributed by atoms with Gasteiger partial charge < -0.3 is 34.7 Å². The molecule has 0 aliphatic carbocycles. The summed E-state index contributed by atoms with van der Waals surface area (Å²) < 4.78 is 10.7. The first kappa shape index (κ1) is 17.8. The van der Waals surface area contributed by atoms with E-state index in [9.17, 15) is 20.1 Å². The van der Waals surface area contributed by atoms with Crippen LogP contribution in [-0.2, 0) is 16.0 Å². The molecule has 5 atom stereocenters. The van der Waals surface area contributed by atoms with Crippen LogP contribution in [0.4, 0.5) is 0 Å². The molecule has 1 aliphatic rings. The number of carbonyl (C=O) groups is 1. The number of hydrogen-bond acceptors (Lipinski definition) is 7. The number of aliphatic hydroxyl groups is 4. The van der Waals surface area contributed by atoms with Crippen molar-refractivity contribution in [3.8, 4) is 5.75 Å². The highest BCUT2D eigenvalue weighted by atomic mass is 16.7. The van der Waals surface area contributed by atoms with E-state index in [1.54, 1.807) is 24.3 Å². The highest BCUT2D eigenvalue weighted by Gasteiger charge is 2.44. The Balaban J connectivity index is 1.99. The molecular formula is C16H22O7. The fourth-order valence-electron chi connectivity index (χ4n) is 2.35. The molecule has 0 radical (unpaired) electrons. The summed E-state index contributed by atoms with van der Waals surface area (Å²) in [6.45, 7) is 1.03. The van der Waals surface area contributed by atoms with E-state index < -0.39 is 37.3 Å². The van der Waals surface area contributed by atoms with E-state index in [-0.39, 0.29) is 5.78 Å². The minimum Gasteiger partial charge on any atom is -0.462 e. The van der Waals surface area contributed by atoms with Gasteiger partial charge in [-0.3, -0.25) is 0 Å². The molecule has 1 aliphatic heterocycles. The van der Waals surface area contributed by atoms with E-state index in [0.29, 0.717) is 18.6 Å². The van der Waals surface area contributed by atoms with E-state index in [0.717, 1.165) is 5.56 Å². The lowest BCUT2D eigenvalue weighted by atomic mass is 9.99. The first-order valence-electron chi connectivity index (χ1n) is 7.48. The van der Waals surface area contributed by atoms with Gasteiger partial charge in [0.2, 0.25) is 6.29 Å². The van der Waals surface area contributed by atoms with Gasteiger partial charge in [-0.05, 0) is 31.0 Å². The monoisotopic (exact) mass is 326 g/mol. The SMILES string of the molecule is CC(=O)CCc1ccc(O[C@H]2O[C@@H](CO)C(O)[C@@H](O)[C@@H]2O)cc1. The summed E-state index contributed by atoms with van der Waals surface area (Å²) in [5.41, 5.74) is 0.973. The molecule has 0 bridgehead atoms. The highest BCUT2D eigenvalue weighted by Crippen LogP contribution is 2.24. The van der Waals surface area contributed by atoms with Crippen molar-refractivity contribution in [3.05, 3.63) is 29.8 Å². The van der Waals surface area contributed by atoms with Crippen molar-refractivity contribution in [1.29, 1.82) is 0 Å². The van der Waals surface area contributed by atoms with Crippen LogP contribution in [0.5, 0.6) is 5.75 Å². The second-order valence-electron chi connectivity index (χ2n) is 5.66. The number of carbonyl (C=O) groups excluding carboxylic acids is 1. The lowest BCUT2D eigenvalue weighted by Crippen LogP contribution is -2.60. The molecule has 0 spiro atoms. The highest BCUT2D eigenvalue weighted by molar-refractivity contribution is 5.75. The Morgan fingerprint density at radius 1 is 1.13 bits per heavy atom. The van der Waals surface area contributed by atoms with Crippen molar-refractivity contribution >= 4 is 5.78 Å². The standard InChI is InChI=1S/C16H22O7/c1-9(18)2-3-10-4-6-11(7-5-10)22-16-15(21)14(20)13(19)12(8-17)23-16/h4-7,12-17,19-21H,2-3,8H2,1H3/t12-,13?,14+,15-,16-/m0/s1. The van der Waals surface area contributed by atoms with Crippen LogP contribution in [0.15, 0.2) is 24.3 Å². The van der Waals surface area contributed by atoms with Crippen LogP contribution in [0, 0.1) is 0 Å². The van der Waals surface area contributed by atoms with Gasteiger partial charge >= 0.3 is 0 Å². The largest absolute Gasteiger partial charge is 0.462 e. The first-order chi connectivity index (χ1) is 10.9. The van der Waals surface area contributed by atoms with Crippen LogP contribution in [0.3, 0.4) is 0 Å². The lowest BCUT2D eigenvalue weighted by Gasteiger charge is -2.39. The number of Topliss-reactive ketones (excluding diaryl/α,β-unsaturated/α-hetero) is 1. The minimum absolute atomic E-state index is 0.117. The summed E-state index contributed by atoms with van der Waals surface area (Å²) in [5, 5.41) is 38.4. The van der Waals surface area contributed by atoms with Crippen molar-refractivity contribution in [1.82, 2.24) is 0 Å². The second-order valence-corrected chi connectivity index (χ2v) is 5.66. The van der Waals surface area contributed by atoms with Crippen LogP contribution < -0.4 is 4.74 Å². The number of ketones is 1. The number of aryl methyl sites for hydroxylation is 1. The predicted molar refractivity (Wildman–Crippen MR) is 79.8 cm³/mol. The van der Waals surface area contributed by atoms with Gasteiger partial charge in [0.15, 0.2) is 0 Å². The molecule has 128 valence electrons. The van der Waals surface area contributed by atoms with Gasteiger partial charge in [-0.25, -0.2) is 0 Å². The summed E-state index contributed by atoms with van der Waals surface area (Å²) in [5.74, 6) is 0.521. The number of rotatable bonds is 6. The molecule has 2 rings (SSSR count). The van der Waals surface area contributed by atoms with Gasteiger partial charge in [-0.1, -0.05) is 12.1 Å². The van der Waals surface area contributed by atoms with Gasteiger partial charge in [0.05, 0.1) is 6.61 Å². The molecule has 0 aromatic heterocycles. The average Bonchev–Trinajstić information content (AvgIpc) is 2.54. The van der Waals surface area contributed by atoms with Crippen LogP contribution in [-0.4, -0.2) is 63.5 Å². The Kier molecular flexibility index (Phi) is 6.09. The third kappa shape index (κ3) is 4.49. The second kappa shape index (κ2) is 7.85. The zero-order valence-corrected chi connectivity index (χ0v) is 12.8. The van der Waals surface area contributed by atoms with E-state index in [2.05, 4.69) is 0 Å². The molecule has 1 fully saturated rings. The third-order valence-electron chi connectivity index (χ3n) is 3.79. The fourth-order valence-corrected chi connectivity index (χ4v) is 2.35. The Morgan fingerprint density at radius 3 is 2.35 bits per heavy atom. The Labute approximate surface area is 134 Å². The molecule has 0 saturated carbocycles. The molecule has 1 aromatic rings. The fraction of sp³-hybridized carbons (Fsp3) is 0.562. The van der Waals surface area contributed by atoms with Crippen LogP contribution in [0.2, 0.25) is 0 Å². The van der Waals surface area contributed by atoms with Crippen molar-refractivity contribution in [3.63, 3.8) is 0 Å². The average molecular weight is 326 g/mol. The molecular weight excluding hydrogens is 304 g/mol. The topological polar surface area (TPSA) is 116 Å². The van der Waals surface area contributed by atoms with E-state index in [1.807, 2.05) is 0 Å². The van der Waals surface area contributed by atoms with Crippen LogP contribution in [0.25, 0.3) is 0 Å². The molecule has 1 unspecified atom stereocenters. The van der Waals surface area contributed by atoms with Gasteiger partial charge in [-0.2, -0.15) is 0 Å². The predicted octanol–water partition coefficient (Wildman–Crippen LogP) is -0.613. The summed E-state index contributed by atoms with van der Waals surface area (Å²) in [4.78, 5) is 11.0. The summed E-state index contributed by atoms with van der Waals surface area (Å²) in [6, 6.07) is 6.92. The zero-order chi connectivity index (χ0) is 17.0. The van der Waals surface area contributed by atoms with Gasteiger partial charge in [0, 0.05) is 6.42 Å². The first-order valence-corrected chi connectivity index (χ1v) is 7.48. The van der Waals surface area contributed by atoms with Gasteiger partial charge in [0.25, 0.3) is 0 Å². The molecule has 1 aromatic carbocycles. The lowest BCUT2D eigenvalue weighted by molar-refractivity contribution is -0.277. The van der Waals surface area contributed by atoms with E-state index in [1.165, 1.54) is 6.92 Å². The van der Waals surface area contributed by atoms with Crippen molar-refractivity contribution in [2.45, 2.75) is 50.5 Å². The Morgan fingerprint density at radius 2 is 1.78 bits per heavy atom. The molecule has 0 amide bonds. The third-order valence-corrected chi connectivity index (χ3v) is 3.79. The maximum Gasteiger partial charge on any atom is 0.229 e. The van der Waals surface area contributed by atoms with Crippen LogP contribution >= 0.6 is 0 Å². The minimum atomic E-state index is -1.47. The maximum absolute atomic E-state index is 11.0.